The van der Waals surface area contributed by atoms with Gasteiger partial charge >= 0.3 is 0 Å². The first kappa shape index (κ1) is 18.0. The molecule has 5 nitrogen and oxygen atoms in total. The Balaban J connectivity index is 1.56. The van der Waals surface area contributed by atoms with Crippen molar-refractivity contribution in [3.8, 4) is 11.3 Å². The minimum Gasteiger partial charge on any atom is -0.368 e. The lowest BCUT2D eigenvalue weighted by atomic mass is 9.88. The molecule has 4 rings (SSSR count). The maximum Gasteiger partial charge on any atom is 0.225 e. The van der Waals surface area contributed by atoms with Gasteiger partial charge in [0.2, 0.25) is 5.91 Å². The Morgan fingerprint density at radius 1 is 1.15 bits per heavy atom. The second-order valence-electron chi connectivity index (χ2n) is 7.28. The van der Waals surface area contributed by atoms with E-state index in [0.717, 1.165) is 25.7 Å². The van der Waals surface area contributed by atoms with Gasteiger partial charge in [0.1, 0.15) is 11.9 Å². The topological polar surface area (TPSA) is 55.3 Å². The molecule has 2 aromatic rings. The monoisotopic (exact) mass is 369 g/mol. The van der Waals surface area contributed by atoms with Crippen molar-refractivity contribution < 1.29 is 13.9 Å². The molecule has 0 bridgehead atoms. The van der Waals surface area contributed by atoms with Gasteiger partial charge in [-0.2, -0.15) is 0 Å². The third-order valence-electron chi connectivity index (χ3n) is 5.46. The van der Waals surface area contributed by atoms with E-state index in [1.807, 2.05) is 11.0 Å². The quantitative estimate of drug-likeness (QED) is 0.827. The van der Waals surface area contributed by atoms with E-state index in [2.05, 4.69) is 9.97 Å². The van der Waals surface area contributed by atoms with Crippen LogP contribution in [-0.4, -0.2) is 40.5 Å². The molecule has 1 aliphatic heterocycles. The number of aromatic nitrogens is 2. The summed E-state index contributed by atoms with van der Waals surface area (Å²) in [6.45, 7) is 1.56. The van der Waals surface area contributed by atoms with Gasteiger partial charge in [0.25, 0.3) is 0 Å². The molecule has 6 heteroatoms. The minimum absolute atomic E-state index is 0.141. The normalized spacial score (nSPS) is 21.2. The van der Waals surface area contributed by atoms with Gasteiger partial charge in [-0.05, 0) is 25.0 Å². The summed E-state index contributed by atoms with van der Waals surface area (Å²) >= 11 is 0. The predicted molar refractivity (Wildman–Crippen MR) is 99.3 cm³/mol. The first-order chi connectivity index (χ1) is 13.2. The van der Waals surface area contributed by atoms with Crippen molar-refractivity contribution in [1.29, 1.82) is 0 Å². The number of carbonyl (C=O) groups excluding carboxylic acids is 1. The Bertz CT molecular complexity index is 808. The molecule has 2 aliphatic rings. The molecule has 142 valence electrons. The number of ether oxygens (including phenoxy) is 1. The molecule has 0 spiro atoms. The number of benzene rings is 1. The number of nitrogens with zero attached hydrogens (tertiary/aromatic N) is 3. The van der Waals surface area contributed by atoms with Gasteiger partial charge < -0.3 is 9.64 Å². The zero-order valence-electron chi connectivity index (χ0n) is 15.3. The molecule has 1 aliphatic carbocycles. The Morgan fingerprint density at radius 3 is 2.78 bits per heavy atom. The van der Waals surface area contributed by atoms with Crippen LogP contribution in [0.1, 0.15) is 43.9 Å². The van der Waals surface area contributed by atoms with Crippen molar-refractivity contribution >= 4 is 5.91 Å². The fourth-order valence-corrected chi connectivity index (χ4v) is 4.07. The minimum atomic E-state index is -0.349. The zero-order valence-corrected chi connectivity index (χ0v) is 15.3. The molecule has 1 saturated heterocycles. The third-order valence-corrected chi connectivity index (χ3v) is 5.46. The largest absolute Gasteiger partial charge is 0.368 e. The molecular weight excluding hydrogens is 345 g/mol. The fraction of sp³-hybridized carbons (Fsp3) is 0.476. The van der Waals surface area contributed by atoms with Crippen molar-refractivity contribution in [3.63, 3.8) is 0 Å². The van der Waals surface area contributed by atoms with Gasteiger partial charge in [-0.3, -0.25) is 14.8 Å². The number of hydrogen-bond donors (Lipinski definition) is 0. The maximum absolute atomic E-state index is 13.7. The summed E-state index contributed by atoms with van der Waals surface area (Å²) in [4.78, 5) is 23.7. The van der Waals surface area contributed by atoms with Crippen molar-refractivity contribution in [2.24, 2.45) is 5.92 Å². The molecule has 0 unspecified atom stereocenters. The smallest absolute Gasteiger partial charge is 0.225 e. The maximum atomic E-state index is 13.7. The highest BCUT2D eigenvalue weighted by Gasteiger charge is 2.32. The SMILES string of the molecule is O=C(C1CCCCC1)N1CCO[C@H](c2nccnc2-c2cccc(F)c2)C1. The molecule has 1 atom stereocenters. The van der Waals surface area contributed by atoms with Crippen molar-refractivity contribution in [3.05, 3.63) is 48.2 Å². The van der Waals surface area contributed by atoms with Crippen molar-refractivity contribution in [2.45, 2.75) is 38.2 Å². The fourth-order valence-electron chi connectivity index (χ4n) is 4.07. The van der Waals surface area contributed by atoms with E-state index in [1.54, 1.807) is 18.5 Å². The Morgan fingerprint density at radius 2 is 1.96 bits per heavy atom. The molecule has 1 aromatic heterocycles. The van der Waals surface area contributed by atoms with Crippen LogP contribution in [0, 0.1) is 11.7 Å². The summed E-state index contributed by atoms with van der Waals surface area (Å²) in [5, 5.41) is 0. The Labute approximate surface area is 158 Å². The third kappa shape index (κ3) is 4.00. The molecule has 1 amide bonds. The van der Waals surface area contributed by atoms with E-state index >= 15 is 0 Å². The van der Waals surface area contributed by atoms with E-state index < -0.39 is 0 Å². The molecule has 2 fully saturated rings. The number of morpholine rings is 1. The van der Waals surface area contributed by atoms with E-state index in [-0.39, 0.29) is 23.7 Å². The highest BCUT2D eigenvalue weighted by Crippen LogP contribution is 2.31. The van der Waals surface area contributed by atoms with Crippen LogP contribution < -0.4 is 0 Å². The first-order valence-corrected chi connectivity index (χ1v) is 9.69. The second-order valence-corrected chi connectivity index (χ2v) is 7.28. The summed E-state index contributed by atoms with van der Waals surface area (Å²) in [7, 11) is 0. The summed E-state index contributed by atoms with van der Waals surface area (Å²) in [5.74, 6) is 0.0593. The predicted octanol–water partition coefficient (Wildman–Crippen LogP) is 3.76. The number of rotatable bonds is 3. The van der Waals surface area contributed by atoms with Crippen LogP contribution in [0.25, 0.3) is 11.3 Å². The lowest BCUT2D eigenvalue weighted by molar-refractivity contribution is -0.144. The summed E-state index contributed by atoms with van der Waals surface area (Å²) in [6, 6.07) is 6.32. The highest BCUT2D eigenvalue weighted by atomic mass is 19.1. The van der Waals surface area contributed by atoms with Crippen LogP contribution in [0.15, 0.2) is 36.7 Å². The van der Waals surface area contributed by atoms with Crippen LogP contribution >= 0.6 is 0 Å². The van der Waals surface area contributed by atoms with Gasteiger partial charge in [-0.15, -0.1) is 0 Å². The average Bonchev–Trinajstić information content (AvgIpc) is 2.74. The number of amides is 1. The summed E-state index contributed by atoms with van der Waals surface area (Å²) in [5.41, 5.74) is 1.93. The van der Waals surface area contributed by atoms with Crippen LogP contribution in [-0.2, 0) is 9.53 Å². The Hall–Kier alpha value is -2.34. The molecule has 1 saturated carbocycles. The highest BCUT2D eigenvalue weighted by molar-refractivity contribution is 5.79. The lowest BCUT2D eigenvalue weighted by Gasteiger charge is -2.36. The second kappa shape index (κ2) is 8.13. The molecule has 0 radical (unpaired) electrons. The van der Waals surface area contributed by atoms with Gasteiger partial charge in [0.05, 0.1) is 24.5 Å². The van der Waals surface area contributed by atoms with Crippen LogP contribution in [0.5, 0.6) is 0 Å². The standard InChI is InChI=1S/C21H24FN3O2/c22-17-8-4-7-16(13-17)19-20(24-10-9-23-19)18-14-25(11-12-27-18)21(26)15-5-2-1-3-6-15/h4,7-10,13,15,18H,1-3,5-6,11-12,14H2/t18-/m0/s1. The number of hydrogen-bond acceptors (Lipinski definition) is 4. The van der Waals surface area contributed by atoms with E-state index in [9.17, 15) is 9.18 Å². The summed E-state index contributed by atoms with van der Waals surface area (Å²) in [6.07, 6.45) is 8.34. The lowest BCUT2D eigenvalue weighted by Crippen LogP contribution is -2.45. The molecule has 0 N–H and O–H groups in total. The number of halogens is 1. The van der Waals surface area contributed by atoms with Gasteiger partial charge in [-0.25, -0.2) is 4.39 Å². The first-order valence-electron chi connectivity index (χ1n) is 9.69. The number of carbonyl (C=O) groups is 1. The molecular formula is C21H24FN3O2. The van der Waals surface area contributed by atoms with E-state index in [1.165, 1.54) is 18.6 Å². The van der Waals surface area contributed by atoms with Crippen molar-refractivity contribution in [1.82, 2.24) is 14.9 Å². The van der Waals surface area contributed by atoms with Gasteiger partial charge in [0.15, 0.2) is 0 Å². The molecule has 1 aromatic carbocycles. The molecule has 27 heavy (non-hydrogen) atoms. The summed E-state index contributed by atoms with van der Waals surface area (Å²) < 4.78 is 19.6. The zero-order chi connectivity index (χ0) is 18.6. The van der Waals surface area contributed by atoms with Crippen molar-refractivity contribution in [2.75, 3.05) is 19.7 Å². The molecule has 2 heterocycles. The van der Waals surface area contributed by atoms with E-state index in [4.69, 9.17) is 4.74 Å². The average molecular weight is 369 g/mol. The van der Waals surface area contributed by atoms with Gasteiger partial charge in [0, 0.05) is 30.4 Å². The van der Waals surface area contributed by atoms with Gasteiger partial charge in [-0.1, -0.05) is 31.4 Å². The Kier molecular flexibility index (Phi) is 5.43. The van der Waals surface area contributed by atoms with Crippen LogP contribution in [0.2, 0.25) is 0 Å². The van der Waals surface area contributed by atoms with Crippen LogP contribution in [0.3, 0.4) is 0 Å². The van der Waals surface area contributed by atoms with E-state index in [0.29, 0.717) is 36.6 Å². The van der Waals surface area contributed by atoms with Crippen LogP contribution in [0.4, 0.5) is 4.39 Å².